The van der Waals surface area contributed by atoms with Crippen LogP contribution >= 0.6 is 0 Å². The van der Waals surface area contributed by atoms with Gasteiger partial charge in [0.15, 0.2) is 11.9 Å². The smallest absolute Gasteiger partial charge is 0.258 e. The predicted octanol–water partition coefficient (Wildman–Crippen LogP) is 3.67. The fourth-order valence-electron chi connectivity index (χ4n) is 3.62. The molecule has 1 atom stereocenters. The average Bonchev–Trinajstić information content (AvgIpc) is 3.65. The Bertz CT molecular complexity index is 1330. The number of pyridine rings is 3. The first-order valence-corrected chi connectivity index (χ1v) is 10.1. The standard InChI is InChI=1S/C23H18N4O4/c28-22-7-8-24-21-6-4-16(12-27(21)22)30-17-9-19-23(26-11-17)31-20(13-29-19)18-5-3-15(10-25-18)14-1-2-14/h3-12,14,20H,1-2,13H2/t20-/m0/s1. The van der Waals surface area contributed by atoms with E-state index in [1.54, 1.807) is 30.6 Å². The Balaban J connectivity index is 1.20. The summed E-state index contributed by atoms with van der Waals surface area (Å²) in [6.07, 6.45) is 8.75. The lowest BCUT2D eigenvalue weighted by atomic mass is 10.1. The predicted molar refractivity (Wildman–Crippen MR) is 111 cm³/mol. The highest BCUT2D eigenvalue weighted by Gasteiger charge is 2.27. The zero-order chi connectivity index (χ0) is 20.8. The van der Waals surface area contributed by atoms with Gasteiger partial charge in [-0.15, -0.1) is 0 Å². The normalized spacial score (nSPS) is 17.5. The van der Waals surface area contributed by atoms with Gasteiger partial charge in [0.05, 0.1) is 18.1 Å². The summed E-state index contributed by atoms with van der Waals surface area (Å²) in [7, 11) is 0. The monoisotopic (exact) mass is 414 g/mol. The van der Waals surface area contributed by atoms with Crippen LogP contribution in [0.5, 0.6) is 23.1 Å². The largest absolute Gasteiger partial charge is 0.483 e. The summed E-state index contributed by atoms with van der Waals surface area (Å²) < 4.78 is 19.2. The van der Waals surface area contributed by atoms with Crippen molar-refractivity contribution in [3.8, 4) is 23.1 Å². The van der Waals surface area contributed by atoms with Gasteiger partial charge >= 0.3 is 0 Å². The summed E-state index contributed by atoms with van der Waals surface area (Å²) in [4.78, 5) is 25.0. The van der Waals surface area contributed by atoms with Crippen LogP contribution in [0.2, 0.25) is 0 Å². The Hall–Kier alpha value is -3.94. The van der Waals surface area contributed by atoms with Crippen molar-refractivity contribution < 1.29 is 14.2 Å². The number of rotatable bonds is 4. The highest BCUT2D eigenvalue weighted by Crippen LogP contribution is 2.40. The van der Waals surface area contributed by atoms with Gasteiger partial charge in [0, 0.05) is 24.5 Å². The fourth-order valence-corrected chi connectivity index (χ4v) is 3.62. The zero-order valence-corrected chi connectivity index (χ0v) is 16.5. The maximum absolute atomic E-state index is 12.0. The lowest BCUT2D eigenvalue weighted by Crippen LogP contribution is -2.23. The average molecular weight is 414 g/mol. The molecule has 6 rings (SSSR count). The van der Waals surface area contributed by atoms with E-state index in [1.165, 1.54) is 35.1 Å². The summed E-state index contributed by atoms with van der Waals surface area (Å²) in [5, 5.41) is 0. The van der Waals surface area contributed by atoms with Gasteiger partial charge in [0.25, 0.3) is 11.4 Å². The quantitative estimate of drug-likeness (QED) is 0.503. The van der Waals surface area contributed by atoms with E-state index in [2.05, 4.69) is 21.0 Å². The van der Waals surface area contributed by atoms with Gasteiger partial charge in [-0.2, -0.15) is 0 Å². The highest BCUT2D eigenvalue weighted by atomic mass is 16.6. The lowest BCUT2D eigenvalue weighted by Gasteiger charge is -2.25. The number of aromatic nitrogens is 4. The first-order valence-electron chi connectivity index (χ1n) is 10.1. The van der Waals surface area contributed by atoms with Gasteiger partial charge in [-0.3, -0.25) is 14.2 Å². The highest BCUT2D eigenvalue weighted by molar-refractivity contribution is 5.45. The van der Waals surface area contributed by atoms with Crippen LogP contribution in [0.15, 0.2) is 66.0 Å². The summed E-state index contributed by atoms with van der Waals surface area (Å²) in [6, 6.07) is 10.7. The number of ether oxygens (including phenoxy) is 3. The van der Waals surface area contributed by atoms with E-state index < -0.39 is 0 Å². The maximum Gasteiger partial charge on any atom is 0.258 e. The molecule has 0 saturated heterocycles. The van der Waals surface area contributed by atoms with Crippen molar-refractivity contribution >= 4 is 5.65 Å². The van der Waals surface area contributed by atoms with Crippen LogP contribution in [-0.4, -0.2) is 26.0 Å². The molecule has 1 aliphatic heterocycles. The van der Waals surface area contributed by atoms with Crippen molar-refractivity contribution in [3.63, 3.8) is 0 Å². The molecule has 1 fully saturated rings. The molecule has 4 aromatic rings. The minimum Gasteiger partial charge on any atom is -0.483 e. The molecule has 0 N–H and O–H groups in total. The number of hydrogen-bond donors (Lipinski definition) is 0. The fraction of sp³-hybridized carbons (Fsp3) is 0.217. The van der Waals surface area contributed by atoms with Crippen molar-refractivity contribution in [2.75, 3.05) is 6.61 Å². The maximum atomic E-state index is 12.0. The summed E-state index contributed by atoms with van der Waals surface area (Å²) in [5.74, 6) is 2.53. The van der Waals surface area contributed by atoms with Crippen LogP contribution in [-0.2, 0) is 0 Å². The van der Waals surface area contributed by atoms with Crippen LogP contribution in [0, 0.1) is 0 Å². The van der Waals surface area contributed by atoms with Gasteiger partial charge in [0.2, 0.25) is 0 Å². The van der Waals surface area contributed by atoms with Crippen molar-refractivity contribution in [2.24, 2.45) is 0 Å². The second-order valence-electron chi connectivity index (χ2n) is 7.66. The number of fused-ring (bicyclic) bond motifs is 2. The minimum absolute atomic E-state index is 0.180. The third-order valence-corrected chi connectivity index (χ3v) is 5.42. The molecule has 2 aliphatic rings. The second kappa shape index (κ2) is 7.09. The van der Waals surface area contributed by atoms with Crippen molar-refractivity contribution in [2.45, 2.75) is 24.9 Å². The number of nitrogens with zero attached hydrogens (tertiary/aromatic N) is 4. The van der Waals surface area contributed by atoms with E-state index in [-0.39, 0.29) is 11.7 Å². The molecule has 0 radical (unpaired) electrons. The second-order valence-corrected chi connectivity index (χ2v) is 7.66. The van der Waals surface area contributed by atoms with Crippen molar-refractivity contribution in [1.29, 1.82) is 0 Å². The third kappa shape index (κ3) is 3.46. The molecule has 8 heteroatoms. The molecule has 154 valence electrons. The minimum atomic E-state index is -0.306. The molecule has 1 aliphatic carbocycles. The van der Waals surface area contributed by atoms with E-state index in [1.807, 2.05) is 12.3 Å². The molecule has 0 spiro atoms. The summed E-state index contributed by atoms with van der Waals surface area (Å²) >= 11 is 0. The van der Waals surface area contributed by atoms with Crippen molar-refractivity contribution in [1.82, 2.24) is 19.4 Å². The SMILES string of the molecule is O=c1ccnc2ccc(Oc3cnc4c(c3)OC[C@@H](c3ccc(C5CC5)cn3)O4)cn12. The van der Waals surface area contributed by atoms with Crippen LogP contribution in [0.3, 0.4) is 0 Å². The molecule has 0 aromatic carbocycles. The molecule has 1 saturated carbocycles. The Morgan fingerprint density at radius 2 is 1.94 bits per heavy atom. The molecular formula is C23H18N4O4. The van der Waals surface area contributed by atoms with E-state index in [9.17, 15) is 4.79 Å². The van der Waals surface area contributed by atoms with E-state index in [0.29, 0.717) is 41.3 Å². The molecule has 0 bridgehead atoms. The molecule has 8 nitrogen and oxygen atoms in total. The Kier molecular flexibility index (Phi) is 4.09. The lowest BCUT2D eigenvalue weighted by molar-refractivity contribution is 0.0817. The summed E-state index contributed by atoms with van der Waals surface area (Å²) in [6.45, 7) is 0.338. The van der Waals surface area contributed by atoms with Crippen LogP contribution < -0.4 is 19.8 Å². The van der Waals surface area contributed by atoms with Crippen LogP contribution in [0.1, 0.15) is 36.1 Å². The van der Waals surface area contributed by atoms with Gasteiger partial charge < -0.3 is 14.2 Å². The van der Waals surface area contributed by atoms with E-state index >= 15 is 0 Å². The van der Waals surface area contributed by atoms with Crippen molar-refractivity contribution in [3.05, 3.63) is 82.8 Å². The molecule has 0 unspecified atom stereocenters. The van der Waals surface area contributed by atoms with Gasteiger partial charge in [-0.25, -0.2) is 9.97 Å². The first kappa shape index (κ1) is 17.9. The number of hydrogen-bond acceptors (Lipinski definition) is 7. The summed E-state index contributed by atoms with van der Waals surface area (Å²) in [5.41, 5.74) is 2.48. The van der Waals surface area contributed by atoms with Gasteiger partial charge in [-0.05, 0) is 42.5 Å². The van der Waals surface area contributed by atoms with E-state index in [4.69, 9.17) is 14.2 Å². The molecule has 0 amide bonds. The molecule has 4 aromatic heterocycles. The van der Waals surface area contributed by atoms with Crippen LogP contribution in [0.25, 0.3) is 5.65 Å². The zero-order valence-electron chi connectivity index (χ0n) is 16.5. The first-order chi connectivity index (χ1) is 15.2. The van der Waals surface area contributed by atoms with Gasteiger partial charge in [-0.1, -0.05) is 6.07 Å². The Morgan fingerprint density at radius 1 is 1.00 bits per heavy atom. The molecule has 31 heavy (non-hydrogen) atoms. The topological polar surface area (TPSA) is 87.8 Å². The van der Waals surface area contributed by atoms with Crippen LogP contribution in [0.4, 0.5) is 0 Å². The Labute approximate surface area is 177 Å². The Morgan fingerprint density at radius 3 is 2.77 bits per heavy atom. The molecular weight excluding hydrogens is 396 g/mol. The molecule has 5 heterocycles. The van der Waals surface area contributed by atoms with Gasteiger partial charge in [0.1, 0.15) is 23.8 Å². The third-order valence-electron chi connectivity index (χ3n) is 5.42. The van der Waals surface area contributed by atoms with E-state index in [0.717, 1.165) is 5.69 Å².